The van der Waals surface area contributed by atoms with Crippen molar-refractivity contribution in [2.45, 2.75) is 40.0 Å². The molecule has 1 aliphatic carbocycles. The van der Waals surface area contributed by atoms with E-state index >= 15 is 0 Å². The first-order chi connectivity index (χ1) is 9.35. The summed E-state index contributed by atoms with van der Waals surface area (Å²) >= 11 is 0. The molecule has 108 valence electrons. The molecule has 0 bridgehead atoms. The molecule has 5 nitrogen and oxygen atoms in total. The van der Waals surface area contributed by atoms with Crippen LogP contribution in [-0.2, 0) is 0 Å². The fourth-order valence-corrected chi connectivity index (χ4v) is 3.03. The fourth-order valence-electron chi connectivity index (χ4n) is 3.03. The van der Waals surface area contributed by atoms with Gasteiger partial charge >= 0.3 is 0 Å². The molecule has 1 aromatic rings. The van der Waals surface area contributed by atoms with Gasteiger partial charge in [0.2, 0.25) is 0 Å². The summed E-state index contributed by atoms with van der Waals surface area (Å²) in [6.07, 6.45) is 3.17. The quantitative estimate of drug-likeness (QED) is 0.663. The molecule has 0 radical (unpaired) electrons. The summed E-state index contributed by atoms with van der Waals surface area (Å²) in [7, 11) is 0. The number of hydrogen-bond donors (Lipinski definition) is 1. The summed E-state index contributed by atoms with van der Waals surface area (Å²) in [5.74, 6) is 0.629. The number of nitrogens with one attached hydrogen (secondary N) is 1. The summed E-state index contributed by atoms with van der Waals surface area (Å²) in [6, 6.07) is 6.42. The van der Waals surface area contributed by atoms with Gasteiger partial charge in [0.1, 0.15) is 0 Å². The second-order valence-electron chi connectivity index (χ2n) is 6.45. The smallest absolute Gasteiger partial charge is 0.271 e. The molecule has 0 unspecified atom stereocenters. The lowest BCUT2D eigenvalue weighted by atomic mass is 9.72. The Kier molecular flexibility index (Phi) is 4.06. The number of non-ortho nitro benzene ring substituents is 1. The molecule has 1 aromatic carbocycles. The maximum Gasteiger partial charge on any atom is 0.271 e. The summed E-state index contributed by atoms with van der Waals surface area (Å²) < 4.78 is 0. The molecule has 0 amide bonds. The van der Waals surface area contributed by atoms with Gasteiger partial charge in [0, 0.05) is 17.8 Å². The van der Waals surface area contributed by atoms with Crippen molar-refractivity contribution in [3.8, 4) is 0 Å². The van der Waals surface area contributed by atoms with Gasteiger partial charge in [0.25, 0.3) is 5.69 Å². The first-order valence-electron chi connectivity index (χ1n) is 6.92. The Balaban J connectivity index is 2.09. The number of nitro benzene ring substituents is 1. The third kappa shape index (κ3) is 3.79. The Morgan fingerprint density at radius 2 is 2.20 bits per heavy atom. The van der Waals surface area contributed by atoms with Crippen molar-refractivity contribution >= 4 is 17.1 Å². The maximum atomic E-state index is 10.7. The van der Waals surface area contributed by atoms with Crippen LogP contribution < -0.4 is 5.43 Å². The van der Waals surface area contributed by atoms with Crippen LogP contribution in [0.25, 0.3) is 0 Å². The second kappa shape index (κ2) is 5.61. The normalized spacial score (nSPS) is 23.6. The lowest BCUT2D eigenvalue weighted by molar-refractivity contribution is -0.384. The van der Waals surface area contributed by atoms with E-state index in [-0.39, 0.29) is 11.1 Å². The average molecular weight is 275 g/mol. The van der Waals surface area contributed by atoms with Crippen molar-refractivity contribution in [3.05, 3.63) is 34.4 Å². The first kappa shape index (κ1) is 14.5. The molecule has 0 heterocycles. The molecule has 2 rings (SSSR count). The van der Waals surface area contributed by atoms with Crippen molar-refractivity contribution < 1.29 is 4.92 Å². The lowest BCUT2D eigenvalue weighted by Gasteiger charge is -2.34. The number of rotatable bonds is 3. The Hall–Kier alpha value is -1.91. The molecule has 1 aliphatic rings. The molecule has 1 N–H and O–H groups in total. The predicted octanol–water partition coefficient (Wildman–Crippen LogP) is 4.21. The van der Waals surface area contributed by atoms with Gasteiger partial charge in [-0.15, -0.1) is 0 Å². The van der Waals surface area contributed by atoms with E-state index in [0.717, 1.165) is 18.6 Å². The predicted molar refractivity (Wildman–Crippen MR) is 81.0 cm³/mol. The van der Waals surface area contributed by atoms with E-state index in [9.17, 15) is 10.1 Å². The number of benzene rings is 1. The molecule has 0 spiro atoms. The summed E-state index contributed by atoms with van der Waals surface area (Å²) in [5.41, 5.74) is 5.10. The minimum absolute atomic E-state index is 0.0764. The highest BCUT2D eigenvalue weighted by Crippen LogP contribution is 2.37. The largest absolute Gasteiger partial charge is 0.278 e. The van der Waals surface area contributed by atoms with E-state index in [1.54, 1.807) is 12.1 Å². The summed E-state index contributed by atoms with van der Waals surface area (Å²) in [4.78, 5) is 10.3. The van der Waals surface area contributed by atoms with Gasteiger partial charge < -0.3 is 0 Å². The highest BCUT2D eigenvalue weighted by Gasteiger charge is 2.29. The molecular formula is C15H21N3O2. The van der Waals surface area contributed by atoms with Crippen LogP contribution in [0.2, 0.25) is 0 Å². The molecule has 1 saturated carbocycles. The van der Waals surface area contributed by atoms with Crippen LogP contribution in [0, 0.1) is 21.4 Å². The standard InChI is InChI=1S/C15H21N3O2/c1-11-7-13(10-15(2,3)9-11)17-16-12-5-4-6-14(8-12)18(19)20/h4-6,8,11,16H,7,9-10H2,1-3H3/b17-13-/t11-/m1/s1. The summed E-state index contributed by atoms with van der Waals surface area (Å²) in [6.45, 7) is 6.75. The topological polar surface area (TPSA) is 67.5 Å². The van der Waals surface area contributed by atoms with Crippen LogP contribution >= 0.6 is 0 Å². The van der Waals surface area contributed by atoms with Crippen molar-refractivity contribution in [2.24, 2.45) is 16.4 Å². The van der Waals surface area contributed by atoms with E-state index in [0.29, 0.717) is 11.6 Å². The number of anilines is 1. The Bertz CT molecular complexity index is 538. The Morgan fingerprint density at radius 1 is 1.45 bits per heavy atom. The first-order valence-corrected chi connectivity index (χ1v) is 6.92. The van der Waals surface area contributed by atoms with Crippen LogP contribution in [0.5, 0.6) is 0 Å². The second-order valence-corrected chi connectivity index (χ2v) is 6.45. The van der Waals surface area contributed by atoms with E-state index < -0.39 is 4.92 Å². The number of nitrogens with zero attached hydrogens (tertiary/aromatic N) is 2. The van der Waals surface area contributed by atoms with Crippen LogP contribution in [0.15, 0.2) is 29.4 Å². The van der Waals surface area contributed by atoms with Gasteiger partial charge in [0.15, 0.2) is 0 Å². The van der Waals surface area contributed by atoms with Crippen LogP contribution in [0.1, 0.15) is 40.0 Å². The van der Waals surface area contributed by atoms with Crippen LogP contribution in [0.4, 0.5) is 11.4 Å². The van der Waals surface area contributed by atoms with E-state index in [4.69, 9.17) is 0 Å². The molecule has 5 heteroatoms. The number of hydrogen-bond acceptors (Lipinski definition) is 4. The SMILES string of the molecule is C[C@@H]1C/C(=N/Nc2cccc([N+](=O)[O-])c2)CC(C)(C)C1. The van der Waals surface area contributed by atoms with Gasteiger partial charge in [-0.3, -0.25) is 15.5 Å². The Labute approximate surface area is 119 Å². The molecule has 0 aromatic heterocycles. The zero-order chi connectivity index (χ0) is 14.8. The molecule has 20 heavy (non-hydrogen) atoms. The van der Waals surface area contributed by atoms with Crippen molar-refractivity contribution in [3.63, 3.8) is 0 Å². The van der Waals surface area contributed by atoms with E-state index in [1.165, 1.54) is 18.6 Å². The van der Waals surface area contributed by atoms with Gasteiger partial charge in [-0.2, -0.15) is 5.10 Å². The average Bonchev–Trinajstić information content (AvgIpc) is 2.34. The third-order valence-corrected chi connectivity index (χ3v) is 3.57. The molecule has 0 aliphatic heterocycles. The van der Waals surface area contributed by atoms with Gasteiger partial charge in [-0.05, 0) is 36.7 Å². The lowest BCUT2D eigenvalue weighted by Crippen LogP contribution is -2.28. The monoisotopic (exact) mass is 275 g/mol. The third-order valence-electron chi connectivity index (χ3n) is 3.57. The zero-order valence-corrected chi connectivity index (χ0v) is 12.2. The number of hydrazone groups is 1. The summed E-state index contributed by atoms with van der Waals surface area (Å²) in [5, 5.41) is 15.2. The molecule has 0 saturated heterocycles. The minimum atomic E-state index is -0.399. The Morgan fingerprint density at radius 3 is 2.85 bits per heavy atom. The van der Waals surface area contributed by atoms with E-state index in [1.807, 2.05) is 0 Å². The fraction of sp³-hybridized carbons (Fsp3) is 0.533. The van der Waals surface area contributed by atoms with E-state index in [2.05, 4.69) is 31.3 Å². The number of nitro groups is 1. The van der Waals surface area contributed by atoms with Crippen LogP contribution in [-0.4, -0.2) is 10.6 Å². The van der Waals surface area contributed by atoms with Crippen LogP contribution in [0.3, 0.4) is 0 Å². The van der Waals surface area contributed by atoms with Gasteiger partial charge in [0.05, 0.1) is 10.6 Å². The van der Waals surface area contributed by atoms with Crippen molar-refractivity contribution in [1.82, 2.24) is 0 Å². The zero-order valence-electron chi connectivity index (χ0n) is 12.2. The van der Waals surface area contributed by atoms with Crippen molar-refractivity contribution in [1.29, 1.82) is 0 Å². The van der Waals surface area contributed by atoms with Gasteiger partial charge in [-0.25, -0.2) is 0 Å². The highest BCUT2D eigenvalue weighted by molar-refractivity contribution is 5.86. The molecule has 1 fully saturated rings. The highest BCUT2D eigenvalue weighted by atomic mass is 16.6. The molecule has 1 atom stereocenters. The minimum Gasteiger partial charge on any atom is -0.278 e. The molecular weight excluding hydrogens is 254 g/mol. The van der Waals surface area contributed by atoms with Gasteiger partial charge in [-0.1, -0.05) is 26.8 Å². The maximum absolute atomic E-state index is 10.7. The van der Waals surface area contributed by atoms with Crippen molar-refractivity contribution in [2.75, 3.05) is 5.43 Å².